The van der Waals surface area contributed by atoms with Gasteiger partial charge in [-0.2, -0.15) is 0 Å². The zero-order chi connectivity index (χ0) is 19.6. The van der Waals surface area contributed by atoms with Gasteiger partial charge in [-0.3, -0.25) is 4.79 Å². The highest BCUT2D eigenvalue weighted by atomic mass is 16.5. The van der Waals surface area contributed by atoms with E-state index < -0.39 is 0 Å². The van der Waals surface area contributed by atoms with Gasteiger partial charge >= 0.3 is 0 Å². The molecule has 0 aliphatic carbocycles. The summed E-state index contributed by atoms with van der Waals surface area (Å²) < 4.78 is 11.2. The Morgan fingerprint density at radius 3 is 2.79 bits per heavy atom. The minimum absolute atomic E-state index is 0.0552. The molecule has 5 heteroatoms. The normalized spacial score (nSPS) is 19.7. The van der Waals surface area contributed by atoms with Crippen molar-refractivity contribution in [3.05, 3.63) is 65.9 Å². The lowest BCUT2D eigenvalue weighted by atomic mass is 9.75. The van der Waals surface area contributed by atoms with Crippen LogP contribution in [0.5, 0.6) is 5.75 Å². The lowest BCUT2D eigenvalue weighted by Gasteiger charge is -2.41. The molecule has 0 spiro atoms. The van der Waals surface area contributed by atoms with Crippen molar-refractivity contribution in [2.45, 2.75) is 19.3 Å². The number of aliphatic hydroxyl groups excluding tert-OH is 1. The molecule has 0 saturated carbocycles. The molecule has 1 unspecified atom stereocenters. The van der Waals surface area contributed by atoms with E-state index in [0.717, 1.165) is 24.6 Å². The molecule has 1 atom stereocenters. The molecule has 0 bridgehead atoms. The second-order valence-corrected chi connectivity index (χ2v) is 7.64. The Kier molecular flexibility index (Phi) is 5.09. The van der Waals surface area contributed by atoms with Gasteiger partial charge in [0.2, 0.25) is 0 Å². The van der Waals surface area contributed by atoms with Gasteiger partial charge in [0.05, 0.1) is 13.7 Å². The molecule has 28 heavy (non-hydrogen) atoms. The number of carbonyl (C=O) groups is 1. The van der Waals surface area contributed by atoms with Crippen LogP contribution in [0.4, 0.5) is 0 Å². The van der Waals surface area contributed by atoms with Gasteiger partial charge in [-0.15, -0.1) is 0 Å². The molecule has 4 rings (SSSR count). The molecule has 1 amide bonds. The molecule has 1 saturated heterocycles. The third-order valence-electron chi connectivity index (χ3n) is 5.64. The van der Waals surface area contributed by atoms with Gasteiger partial charge in [0.25, 0.3) is 5.91 Å². The van der Waals surface area contributed by atoms with Crippen LogP contribution in [0.3, 0.4) is 0 Å². The standard InChI is InChI=1S/C23H25NO4/c1-27-19-10-5-9-18-13-20(28-21(18)19)22(26)24-12-6-11-23(15-24,16-25)14-17-7-3-2-4-8-17/h2-5,7-10,13,25H,6,11-12,14-16H2,1H3. The largest absolute Gasteiger partial charge is 0.493 e. The van der Waals surface area contributed by atoms with Crippen molar-refractivity contribution in [1.29, 1.82) is 0 Å². The molecular formula is C23H25NO4. The third kappa shape index (κ3) is 3.50. The monoisotopic (exact) mass is 379 g/mol. The van der Waals surface area contributed by atoms with Gasteiger partial charge in [0.1, 0.15) is 0 Å². The summed E-state index contributed by atoms with van der Waals surface area (Å²) in [5.74, 6) is 0.792. The zero-order valence-electron chi connectivity index (χ0n) is 16.1. The average Bonchev–Trinajstić information content (AvgIpc) is 3.18. The van der Waals surface area contributed by atoms with Gasteiger partial charge < -0.3 is 19.2 Å². The number of piperidine rings is 1. The van der Waals surface area contributed by atoms with E-state index in [1.54, 1.807) is 13.2 Å². The number of para-hydroxylation sites is 1. The fourth-order valence-corrected chi connectivity index (χ4v) is 4.20. The van der Waals surface area contributed by atoms with Crippen molar-refractivity contribution in [1.82, 2.24) is 4.90 Å². The molecule has 1 fully saturated rings. The fraction of sp³-hybridized carbons (Fsp3) is 0.348. The number of hydrogen-bond acceptors (Lipinski definition) is 4. The van der Waals surface area contributed by atoms with Crippen LogP contribution >= 0.6 is 0 Å². The highest BCUT2D eigenvalue weighted by Crippen LogP contribution is 2.35. The Morgan fingerprint density at radius 2 is 2.04 bits per heavy atom. The van der Waals surface area contributed by atoms with E-state index in [-0.39, 0.29) is 17.9 Å². The maximum atomic E-state index is 13.1. The van der Waals surface area contributed by atoms with E-state index in [9.17, 15) is 9.90 Å². The van der Waals surface area contributed by atoms with E-state index >= 15 is 0 Å². The molecule has 1 N–H and O–H groups in total. The smallest absolute Gasteiger partial charge is 0.289 e. The highest BCUT2D eigenvalue weighted by molar-refractivity contribution is 5.97. The quantitative estimate of drug-likeness (QED) is 0.730. The predicted octanol–water partition coefficient (Wildman–Crippen LogP) is 3.90. The number of fused-ring (bicyclic) bond motifs is 1. The summed E-state index contributed by atoms with van der Waals surface area (Å²) in [6.07, 6.45) is 2.51. The Balaban J connectivity index is 1.57. The van der Waals surface area contributed by atoms with Crippen LogP contribution in [0.25, 0.3) is 11.0 Å². The van der Waals surface area contributed by atoms with Gasteiger partial charge in [-0.25, -0.2) is 0 Å². The van der Waals surface area contributed by atoms with E-state index in [2.05, 4.69) is 12.1 Å². The molecule has 1 aliphatic heterocycles. The van der Waals surface area contributed by atoms with Crippen LogP contribution in [0, 0.1) is 5.41 Å². The molecular weight excluding hydrogens is 354 g/mol. The van der Waals surface area contributed by atoms with Crippen LogP contribution in [0.1, 0.15) is 29.0 Å². The number of nitrogens with zero attached hydrogens (tertiary/aromatic N) is 1. The van der Waals surface area contributed by atoms with E-state index in [1.165, 1.54) is 5.56 Å². The molecule has 2 aromatic carbocycles. The number of aliphatic hydroxyl groups is 1. The minimum Gasteiger partial charge on any atom is -0.493 e. The summed E-state index contributed by atoms with van der Waals surface area (Å²) in [7, 11) is 1.59. The number of ether oxygens (including phenoxy) is 1. The van der Waals surface area contributed by atoms with Gasteiger partial charge in [-0.1, -0.05) is 42.5 Å². The number of furan rings is 1. The topological polar surface area (TPSA) is 62.9 Å². The van der Waals surface area contributed by atoms with E-state index in [1.807, 2.05) is 41.3 Å². The summed E-state index contributed by atoms with van der Waals surface area (Å²) in [5, 5.41) is 11.0. The van der Waals surface area contributed by atoms with Crippen LogP contribution in [0.15, 0.2) is 59.0 Å². The lowest BCUT2D eigenvalue weighted by molar-refractivity contribution is 0.0254. The minimum atomic E-state index is -0.320. The first-order chi connectivity index (χ1) is 13.6. The number of likely N-dealkylation sites (tertiary alicyclic amines) is 1. The first kappa shape index (κ1) is 18.6. The number of benzene rings is 2. The number of amides is 1. The zero-order valence-corrected chi connectivity index (χ0v) is 16.1. The molecule has 0 radical (unpaired) electrons. The molecule has 1 aliphatic rings. The molecule has 3 aromatic rings. The molecule has 2 heterocycles. The van der Waals surface area contributed by atoms with Crippen LogP contribution in [0.2, 0.25) is 0 Å². The molecule has 1 aromatic heterocycles. The van der Waals surface area contributed by atoms with Crippen molar-refractivity contribution >= 4 is 16.9 Å². The van der Waals surface area contributed by atoms with Crippen molar-refractivity contribution < 1.29 is 19.1 Å². The lowest BCUT2D eigenvalue weighted by Crippen LogP contribution is -2.48. The van der Waals surface area contributed by atoms with Gasteiger partial charge in [0, 0.05) is 23.9 Å². The Morgan fingerprint density at radius 1 is 1.21 bits per heavy atom. The first-order valence-corrected chi connectivity index (χ1v) is 9.65. The van der Waals surface area contributed by atoms with Crippen molar-refractivity contribution in [3.63, 3.8) is 0 Å². The molecule has 5 nitrogen and oxygen atoms in total. The number of hydrogen-bond donors (Lipinski definition) is 1. The van der Waals surface area contributed by atoms with E-state index in [0.29, 0.717) is 30.2 Å². The van der Waals surface area contributed by atoms with Crippen LogP contribution in [-0.2, 0) is 6.42 Å². The second-order valence-electron chi connectivity index (χ2n) is 7.64. The first-order valence-electron chi connectivity index (χ1n) is 9.65. The Hall–Kier alpha value is -2.79. The van der Waals surface area contributed by atoms with Crippen molar-refractivity contribution in [2.75, 3.05) is 26.8 Å². The summed E-state index contributed by atoms with van der Waals surface area (Å²) in [5.41, 5.74) is 1.45. The maximum Gasteiger partial charge on any atom is 0.289 e. The summed E-state index contributed by atoms with van der Waals surface area (Å²) >= 11 is 0. The summed E-state index contributed by atoms with van der Waals surface area (Å²) in [6.45, 7) is 1.24. The summed E-state index contributed by atoms with van der Waals surface area (Å²) in [6, 6.07) is 17.5. The number of carbonyl (C=O) groups excluding carboxylic acids is 1. The average molecular weight is 379 g/mol. The Labute approximate surface area is 164 Å². The van der Waals surface area contributed by atoms with Gasteiger partial charge in [-0.05, 0) is 37.0 Å². The van der Waals surface area contributed by atoms with Crippen LogP contribution in [-0.4, -0.2) is 42.7 Å². The predicted molar refractivity (Wildman–Crippen MR) is 108 cm³/mol. The van der Waals surface area contributed by atoms with Crippen LogP contribution < -0.4 is 4.74 Å². The fourth-order valence-electron chi connectivity index (χ4n) is 4.20. The highest BCUT2D eigenvalue weighted by Gasteiger charge is 2.37. The van der Waals surface area contributed by atoms with Crippen molar-refractivity contribution in [2.24, 2.45) is 5.41 Å². The molecule has 146 valence electrons. The number of rotatable bonds is 5. The third-order valence-corrected chi connectivity index (χ3v) is 5.64. The van der Waals surface area contributed by atoms with Crippen molar-refractivity contribution in [3.8, 4) is 5.75 Å². The van der Waals surface area contributed by atoms with Gasteiger partial charge in [0.15, 0.2) is 17.1 Å². The van der Waals surface area contributed by atoms with E-state index in [4.69, 9.17) is 9.15 Å². The summed E-state index contributed by atoms with van der Waals surface area (Å²) in [4.78, 5) is 14.9. The maximum absolute atomic E-state index is 13.1. The Bertz CT molecular complexity index is 965. The SMILES string of the molecule is COc1cccc2cc(C(=O)N3CCCC(CO)(Cc4ccccc4)C3)oc12. The second kappa shape index (κ2) is 7.68. The number of methoxy groups -OCH3 is 1.